The minimum atomic E-state index is -0.231. The lowest BCUT2D eigenvalue weighted by Gasteiger charge is -2.27. The van der Waals surface area contributed by atoms with Gasteiger partial charge in [0.15, 0.2) is 0 Å². The summed E-state index contributed by atoms with van der Waals surface area (Å²) in [5.74, 6) is 0.323. The quantitative estimate of drug-likeness (QED) is 0.854. The zero-order valence-electron chi connectivity index (χ0n) is 12.1. The molecule has 1 amide bonds. The number of carbonyl (C=O) groups is 1. The van der Waals surface area contributed by atoms with Gasteiger partial charge in [0.25, 0.3) is 0 Å². The molecule has 2 rings (SSSR count). The average molecular weight is 260 g/mol. The van der Waals surface area contributed by atoms with Gasteiger partial charge in [0.05, 0.1) is 6.04 Å². The van der Waals surface area contributed by atoms with Crippen molar-refractivity contribution >= 4 is 5.91 Å². The molecule has 0 aliphatic heterocycles. The number of hydrogen-bond donors (Lipinski definition) is 1. The highest BCUT2D eigenvalue weighted by Crippen LogP contribution is 2.30. The summed E-state index contributed by atoms with van der Waals surface area (Å²) in [6.45, 7) is 7.11. The van der Waals surface area contributed by atoms with Gasteiger partial charge >= 0.3 is 0 Å². The Morgan fingerprint density at radius 2 is 1.84 bits per heavy atom. The highest BCUT2D eigenvalue weighted by molar-refractivity contribution is 5.79. The lowest BCUT2D eigenvalue weighted by atomic mass is 10.0. The largest absolute Gasteiger partial charge is 0.368 e. The Morgan fingerprint density at radius 3 is 2.26 bits per heavy atom. The van der Waals surface area contributed by atoms with Gasteiger partial charge < -0.3 is 5.73 Å². The first-order chi connectivity index (χ1) is 8.99. The predicted octanol–water partition coefficient (Wildman–Crippen LogP) is 2.65. The molecule has 1 saturated carbocycles. The fourth-order valence-corrected chi connectivity index (χ4v) is 2.37. The summed E-state index contributed by atoms with van der Waals surface area (Å²) in [6, 6.07) is 9.04. The molecule has 3 heteroatoms. The molecule has 19 heavy (non-hydrogen) atoms. The Kier molecular flexibility index (Phi) is 4.25. The van der Waals surface area contributed by atoms with Gasteiger partial charge in [-0.25, -0.2) is 0 Å². The second kappa shape index (κ2) is 5.74. The highest BCUT2D eigenvalue weighted by Gasteiger charge is 2.34. The molecular formula is C16H24N2O. The van der Waals surface area contributed by atoms with Crippen LogP contribution in [0.3, 0.4) is 0 Å². The van der Waals surface area contributed by atoms with Gasteiger partial charge in [-0.05, 0) is 36.8 Å². The van der Waals surface area contributed by atoms with Crippen molar-refractivity contribution in [3.8, 4) is 0 Å². The number of nitrogens with zero attached hydrogens (tertiary/aromatic N) is 1. The lowest BCUT2D eigenvalue weighted by Crippen LogP contribution is -2.43. The maximum atomic E-state index is 11.4. The highest BCUT2D eigenvalue weighted by atomic mass is 16.1. The van der Waals surface area contributed by atoms with Crippen LogP contribution in [-0.4, -0.2) is 22.9 Å². The van der Waals surface area contributed by atoms with Crippen molar-refractivity contribution in [1.29, 1.82) is 0 Å². The fourth-order valence-electron chi connectivity index (χ4n) is 2.37. The van der Waals surface area contributed by atoms with E-state index in [0.717, 1.165) is 6.54 Å². The van der Waals surface area contributed by atoms with Crippen LogP contribution in [0.5, 0.6) is 0 Å². The summed E-state index contributed by atoms with van der Waals surface area (Å²) in [7, 11) is 0. The predicted molar refractivity (Wildman–Crippen MR) is 77.8 cm³/mol. The van der Waals surface area contributed by atoms with E-state index in [1.165, 1.54) is 24.0 Å². The van der Waals surface area contributed by atoms with Crippen molar-refractivity contribution in [2.24, 2.45) is 5.73 Å². The molecule has 104 valence electrons. The van der Waals surface area contributed by atoms with Crippen LogP contribution < -0.4 is 5.73 Å². The van der Waals surface area contributed by atoms with E-state index >= 15 is 0 Å². The minimum absolute atomic E-state index is 0.183. The van der Waals surface area contributed by atoms with Crippen LogP contribution in [0.4, 0.5) is 0 Å². The second-order valence-electron chi connectivity index (χ2n) is 5.88. The normalized spacial score (nSPS) is 16.9. The monoisotopic (exact) mass is 260 g/mol. The van der Waals surface area contributed by atoms with Crippen molar-refractivity contribution in [3.05, 3.63) is 35.4 Å². The summed E-state index contributed by atoms with van der Waals surface area (Å²) in [5, 5.41) is 0. The molecule has 1 aliphatic carbocycles. The van der Waals surface area contributed by atoms with E-state index in [1.54, 1.807) is 0 Å². The smallest absolute Gasteiger partial charge is 0.234 e. The van der Waals surface area contributed by atoms with E-state index in [1.807, 2.05) is 6.92 Å². The zero-order valence-corrected chi connectivity index (χ0v) is 12.1. The zero-order chi connectivity index (χ0) is 14.0. The number of primary amides is 1. The maximum absolute atomic E-state index is 11.4. The number of benzene rings is 1. The molecule has 0 aromatic heterocycles. The molecule has 0 unspecified atom stereocenters. The molecule has 0 heterocycles. The van der Waals surface area contributed by atoms with Crippen LogP contribution in [0, 0.1) is 0 Å². The summed E-state index contributed by atoms with van der Waals surface area (Å²) in [6.07, 6.45) is 2.36. The number of nitrogens with two attached hydrogens (primary N) is 1. The van der Waals surface area contributed by atoms with Gasteiger partial charge in [0.1, 0.15) is 0 Å². The summed E-state index contributed by atoms with van der Waals surface area (Å²) in [4.78, 5) is 13.6. The number of hydrogen-bond acceptors (Lipinski definition) is 2. The van der Waals surface area contributed by atoms with Crippen molar-refractivity contribution in [1.82, 2.24) is 4.90 Å². The van der Waals surface area contributed by atoms with Gasteiger partial charge in [0.2, 0.25) is 5.91 Å². The Balaban J connectivity index is 2.06. The van der Waals surface area contributed by atoms with Crippen molar-refractivity contribution < 1.29 is 4.79 Å². The van der Waals surface area contributed by atoms with Crippen LogP contribution in [0.2, 0.25) is 0 Å². The molecule has 1 aliphatic rings. The Labute approximate surface area is 115 Å². The average Bonchev–Trinajstić information content (AvgIpc) is 3.19. The Bertz CT molecular complexity index is 435. The Morgan fingerprint density at radius 1 is 1.26 bits per heavy atom. The van der Waals surface area contributed by atoms with E-state index < -0.39 is 0 Å². The molecule has 0 saturated heterocycles. The summed E-state index contributed by atoms with van der Waals surface area (Å²) in [5.41, 5.74) is 8.04. The first-order valence-electron chi connectivity index (χ1n) is 7.13. The van der Waals surface area contributed by atoms with E-state index in [-0.39, 0.29) is 11.9 Å². The third kappa shape index (κ3) is 3.57. The third-order valence-corrected chi connectivity index (χ3v) is 3.94. The molecule has 0 bridgehead atoms. The molecule has 1 atom stereocenters. The van der Waals surface area contributed by atoms with Crippen molar-refractivity contribution in [3.63, 3.8) is 0 Å². The van der Waals surface area contributed by atoms with Crippen LogP contribution in [0.15, 0.2) is 24.3 Å². The van der Waals surface area contributed by atoms with E-state index in [4.69, 9.17) is 5.73 Å². The topological polar surface area (TPSA) is 46.3 Å². The van der Waals surface area contributed by atoms with Crippen LogP contribution in [-0.2, 0) is 11.3 Å². The van der Waals surface area contributed by atoms with Crippen LogP contribution >= 0.6 is 0 Å². The van der Waals surface area contributed by atoms with Gasteiger partial charge in [-0.2, -0.15) is 0 Å². The second-order valence-corrected chi connectivity index (χ2v) is 5.88. The van der Waals surface area contributed by atoms with Crippen LogP contribution in [0.1, 0.15) is 50.7 Å². The molecule has 1 fully saturated rings. The first-order valence-corrected chi connectivity index (χ1v) is 7.13. The minimum Gasteiger partial charge on any atom is -0.368 e. The van der Waals surface area contributed by atoms with Gasteiger partial charge in [-0.1, -0.05) is 38.1 Å². The molecular weight excluding hydrogens is 236 g/mol. The molecule has 1 aromatic carbocycles. The number of carbonyl (C=O) groups excluding carboxylic acids is 1. The van der Waals surface area contributed by atoms with Gasteiger partial charge in [-0.15, -0.1) is 0 Å². The van der Waals surface area contributed by atoms with Crippen LogP contribution in [0.25, 0.3) is 0 Å². The first kappa shape index (κ1) is 14.1. The molecule has 3 nitrogen and oxygen atoms in total. The maximum Gasteiger partial charge on any atom is 0.234 e. The Hall–Kier alpha value is -1.35. The summed E-state index contributed by atoms with van der Waals surface area (Å²) < 4.78 is 0. The summed E-state index contributed by atoms with van der Waals surface area (Å²) >= 11 is 0. The standard InChI is InChI=1S/C16H24N2O/c1-11(2)14-6-4-13(5-7-14)10-18(15-8-9-15)12(3)16(17)19/h4-7,11-12,15H,8-10H2,1-3H3,(H2,17,19)/t12-/m0/s1. The van der Waals surface area contributed by atoms with Crippen molar-refractivity contribution in [2.45, 2.75) is 58.2 Å². The molecule has 2 N–H and O–H groups in total. The fraction of sp³-hybridized carbons (Fsp3) is 0.562. The third-order valence-electron chi connectivity index (χ3n) is 3.94. The molecule has 1 aromatic rings. The number of rotatable bonds is 6. The van der Waals surface area contributed by atoms with E-state index in [0.29, 0.717) is 12.0 Å². The van der Waals surface area contributed by atoms with Gasteiger partial charge in [0, 0.05) is 12.6 Å². The SMILES string of the molecule is CC(C)c1ccc(CN(C2CC2)[C@@H](C)C(N)=O)cc1. The van der Waals surface area contributed by atoms with Gasteiger partial charge in [-0.3, -0.25) is 9.69 Å². The van der Waals surface area contributed by atoms with E-state index in [9.17, 15) is 4.79 Å². The number of amides is 1. The van der Waals surface area contributed by atoms with E-state index in [2.05, 4.69) is 43.0 Å². The molecule has 0 radical (unpaired) electrons. The van der Waals surface area contributed by atoms with Crippen molar-refractivity contribution in [2.75, 3.05) is 0 Å². The molecule has 0 spiro atoms. The lowest BCUT2D eigenvalue weighted by molar-refractivity contribution is -0.123.